The van der Waals surface area contributed by atoms with Gasteiger partial charge in [-0.15, -0.1) is 0 Å². The number of rotatable bonds is 6. The third-order valence-electron chi connectivity index (χ3n) is 3.63. The van der Waals surface area contributed by atoms with Crippen LogP contribution >= 0.6 is 0 Å². The number of benzene rings is 1. The Hall–Kier alpha value is -3.36. The number of fused-ring (bicyclic) bond motifs is 1. The summed E-state index contributed by atoms with van der Waals surface area (Å²) in [6.45, 7) is -0.852. The van der Waals surface area contributed by atoms with E-state index in [2.05, 4.69) is 20.0 Å². The van der Waals surface area contributed by atoms with Crippen molar-refractivity contribution in [1.29, 1.82) is 0 Å². The molecule has 134 valence electrons. The van der Waals surface area contributed by atoms with Crippen LogP contribution in [0, 0.1) is 17.0 Å². The average molecular weight is 360 g/mol. The standard InChI is InChI=1S/C17H14F2N4O3/c1-10-7-14(13-3-2-4-15(23(24)25)16(13)22-10)21-8-11-5-6-12(9-20-11)26-17(18)19/h2-7,9,17H,8H2,1H3,(H,21,22). The number of alkyl halides is 2. The lowest BCUT2D eigenvalue weighted by atomic mass is 10.1. The Kier molecular flexibility index (Phi) is 4.87. The largest absolute Gasteiger partial charge is 0.433 e. The number of nitro benzene ring substituents is 1. The number of nitro groups is 1. The summed E-state index contributed by atoms with van der Waals surface area (Å²) in [5.74, 6) is -0.0235. The lowest BCUT2D eigenvalue weighted by Crippen LogP contribution is -2.05. The minimum absolute atomic E-state index is 0.0235. The summed E-state index contributed by atoms with van der Waals surface area (Å²) >= 11 is 0. The van der Waals surface area contributed by atoms with Crippen molar-refractivity contribution in [2.45, 2.75) is 20.1 Å². The number of halogens is 2. The molecule has 9 heteroatoms. The number of anilines is 1. The second-order valence-corrected chi connectivity index (χ2v) is 5.46. The normalized spacial score (nSPS) is 10.9. The fraction of sp³-hybridized carbons (Fsp3) is 0.176. The Morgan fingerprint density at radius 3 is 2.77 bits per heavy atom. The van der Waals surface area contributed by atoms with Gasteiger partial charge in [0.05, 0.1) is 23.4 Å². The van der Waals surface area contributed by atoms with E-state index in [0.717, 1.165) is 0 Å². The quantitative estimate of drug-likeness (QED) is 0.527. The van der Waals surface area contributed by atoms with Crippen molar-refractivity contribution in [3.05, 3.63) is 64.1 Å². The first-order chi connectivity index (χ1) is 12.4. The van der Waals surface area contributed by atoms with Crippen molar-refractivity contribution in [2.75, 3.05) is 5.32 Å². The van der Waals surface area contributed by atoms with Crippen LogP contribution in [0.1, 0.15) is 11.4 Å². The maximum atomic E-state index is 12.1. The van der Waals surface area contributed by atoms with Crippen LogP contribution in [0.2, 0.25) is 0 Å². The highest BCUT2D eigenvalue weighted by Crippen LogP contribution is 2.30. The third kappa shape index (κ3) is 3.82. The van der Waals surface area contributed by atoms with E-state index in [1.807, 2.05) is 0 Å². The van der Waals surface area contributed by atoms with E-state index in [1.54, 1.807) is 31.2 Å². The number of nitrogens with one attached hydrogen (secondary N) is 1. The van der Waals surface area contributed by atoms with Gasteiger partial charge in [-0.25, -0.2) is 4.98 Å². The molecule has 0 unspecified atom stereocenters. The number of hydrogen-bond acceptors (Lipinski definition) is 6. The topological polar surface area (TPSA) is 90.2 Å². The Bertz CT molecular complexity index is 949. The number of nitrogens with zero attached hydrogens (tertiary/aromatic N) is 3. The van der Waals surface area contributed by atoms with Gasteiger partial charge in [0.1, 0.15) is 5.75 Å². The summed E-state index contributed by atoms with van der Waals surface area (Å²) in [5.41, 5.74) is 2.13. The Morgan fingerprint density at radius 1 is 1.31 bits per heavy atom. The number of non-ortho nitro benzene ring substituents is 1. The molecule has 0 radical (unpaired) electrons. The predicted octanol–water partition coefficient (Wildman–Crippen LogP) is 4.06. The van der Waals surface area contributed by atoms with E-state index in [0.29, 0.717) is 34.5 Å². The van der Waals surface area contributed by atoms with Crippen LogP contribution in [0.3, 0.4) is 0 Å². The van der Waals surface area contributed by atoms with Crippen molar-refractivity contribution >= 4 is 22.3 Å². The zero-order valence-corrected chi connectivity index (χ0v) is 13.6. The molecule has 0 aliphatic heterocycles. The molecule has 3 aromatic rings. The fourth-order valence-electron chi connectivity index (χ4n) is 2.53. The van der Waals surface area contributed by atoms with Gasteiger partial charge in [0.2, 0.25) is 0 Å². The molecule has 1 aromatic carbocycles. The molecular weight excluding hydrogens is 346 g/mol. The second-order valence-electron chi connectivity index (χ2n) is 5.46. The van der Waals surface area contributed by atoms with Gasteiger partial charge in [0, 0.05) is 22.8 Å². The molecule has 0 fully saturated rings. The molecular formula is C17H14F2N4O3. The SMILES string of the molecule is Cc1cc(NCc2ccc(OC(F)F)cn2)c2cccc([N+](=O)[O-])c2n1. The highest BCUT2D eigenvalue weighted by Gasteiger charge is 2.15. The van der Waals surface area contributed by atoms with Crippen molar-refractivity contribution in [1.82, 2.24) is 9.97 Å². The predicted molar refractivity (Wildman–Crippen MR) is 91.3 cm³/mol. The maximum Gasteiger partial charge on any atom is 0.387 e. The van der Waals surface area contributed by atoms with Crippen LogP contribution in [0.15, 0.2) is 42.6 Å². The van der Waals surface area contributed by atoms with Crippen LogP contribution in [-0.4, -0.2) is 21.5 Å². The fourth-order valence-corrected chi connectivity index (χ4v) is 2.53. The van der Waals surface area contributed by atoms with E-state index in [9.17, 15) is 18.9 Å². The first kappa shape index (κ1) is 17.5. The van der Waals surface area contributed by atoms with E-state index in [4.69, 9.17) is 0 Å². The molecule has 0 aliphatic rings. The molecule has 0 saturated heterocycles. The van der Waals surface area contributed by atoms with Gasteiger partial charge >= 0.3 is 6.61 Å². The number of pyridine rings is 2. The van der Waals surface area contributed by atoms with Crippen molar-refractivity contribution in [3.63, 3.8) is 0 Å². The van der Waals surface area contributed by atoms with E-state index < -0.39 is 11.5 Å². The molecule has 1 N–H and O–H groups in total. The zero-order valence-electron chi connectivity index (χ0n) is 13.6. The van der Waals surface area contributed by atoms with E-state index in [1.165, 1.54) is 18.3 Å². The molecule has 0 atom stereocenters. The average Bonchev–Trinajstić information content (AvgIpc) is 2.59. The monoisotopic (exact) mass is 360 g/mol. The van der Waals surface area contributed by atoms with E-state index >= 15 is 0 Å². The molecule has 0 aliphatic carbocycles. The smallest absolute Gasteiger partial charge is 0.387 e. The van der Waals surface area contributed by atoms with Crippen molar-refractivity contribution < 1.29 is 18.4 Å². The summed E-state index contributed by atoms with van der Waals surface area (Å²) in [6.07, 6.45) is 1.21. The van der Waals surface area contributed by atoms with E-state index in [-0.39, 0.29) is 11.4 Å². The summed E-state index contributed by atoms with van der Waals surface area (Å²) in [5, 5.41) is 15.0. The highest BCUT2D eigenvalue weighted by molar-refractivity contribution is 5.96. The molecule has 7 nitrogen and oxygen atoms in total. The first-order valence-electron chi connectivity index (χ1n) is 7.62. The third-order valence-corrected chi connectivity index (χ3v) is 3.63. The van der Waals surface area contributed by atoms with Gasteiger partial charge in [0.25, 0.3) is 5.69 Å². The van der Waals surface area contributed by atoms with Gasteiger partial charge in [0.15, 0.2) is 5.52 Å². The van der Waals surface area contributed by atoms with Gasteiger partial charge < -0.3 is 10.1 Å². The van der Waals surface area contributed by atoms with Gasteiger partial charge in [-0.3, -0.25) is 15.1 Å². The van der Waals surface area contributed by atoms with Gasteiger partial charge in [-0.2, -0.15) is 8.78 Å². The van der Waals surface area contributed by atoms with Crippen molar-refractivity contribution in [3.8, 4) is 5.75 Å². The molecule has 26 heavy (non-hydrogen) atoms. The van der Waals surface area contributed by atoms with Crippen LogP contribution in [0.4, 0.5) is 20.2 Å². The Labute approximate surface area is 146 Å². The number of aromatic nitrogens is 2. The molecule has 2 aromatic heterocycles. The van der Waals surface area contributed by atoms with Gasteiger partial charge in [-0.1, -0.05) is 12.1 Å². The minimum Gasteiger partial charge on any atom is -0.433 e. The lowest BCUT2D eigenvalue weighted by molar-refractivity contribution is -0.383. The molecule has 0 amide bonds. The lowest BCUT2D eigenvalue weighted by Gasteiger charge is -2.11. The number of aryl methyl sites for hydroxylation is 1. The Balaban J connectivity index is 1.85. The number of hydrogen-bond donors (Lipinski definition) is 1. The first-order valence-corrected chi connectivity index (χ1v) is 7.62. The van der Waals surface area contributed by atoms with Crippen LogP contribution in [0.5, 0.6) is 5.75 Å². The molecule has 2 heterocycles. The molecule has 0 spiro atoms. The number of ether oxygens (including phenoxy) is 1. The number of para-hydroxylation sites is 1. The van der Waals surface area contributed by atoms with Crippen LogP contribution < -0.4 is 10.1 Å². The summed E-state index contributed by atoms with van der Waals surface area (Å²) < 4.78 is 28.6. The molecule has 0 saturated carbocycles. The minimum atomic E-state index is -2.90. The molecule has 0 bridgehead atoms. The van der Waals surface area contributed by atoms with Crippen molar-refractivity contribution in [2.24, 2.45) is 0 Å². The molecule has 3 rings (SSSR count). The Morgan fingerprint density at radius 2 is 2.12 bits per heavy atom. The summed E-state index contributed by atoms with van der Waals surface area (Å²) in [6, 6.07) is 9.48. The second kappa shape index (κ2) is 7.26. The summed E-state index contributed by atoms with van der Waals surface area (Å²) in [4.78, 5) is 19.0. The maximum absolute atomic E-state index is 12.1. The zero-order chi connectivity index (χ0) is 18.7. The summed E-state index contributed by atoms with van der Waals surface area (Å²) in [7, 11) is 0. The highest BCUT2D eigenvalue weighted by atomic mass is 19.3. The van der Waals surface area contributed by atoms with Crippen LogP contribution in [0.25, 0.3) is 10.9 Å². The van der Waals surface area contributed by atoms with Gasteiger partial charge in [-0.05, 0) is 25.1 Å². The van der Waals surface area contributed by atoms with Crippen LogP contribution in [-0.2, 0) is 6.54 Å².